The molecule has 3 nitrogen and oxygen atoms in total. The zero-order chi connectivity index (χ0) is 12.5. The predicted molar refractivity (Wildman–Crippen MR) is 74.1 cm³/mol. The summed E-state index contributed by atoms with van der Waals surface area (Å²) >= 11 is 1.80. The van der Waals surface area contributed by atoms with Gasteiger partial charge in [-0.25, -0.2) is 4.98 Å². The second-order valence-electron chi connectivity index (χ2n) is 4.90. The van der Waals surface area contributed by atoms with Gasteiger partial charge in [-0.1, -0.05) is 0 Å². The molecule has 3 heterocycles. The third kappa shape index (κ3) is 2.22. The molecule has 18 heavy (non-hydrogen) atoms. The van der Waals surface area contributed by atoms with E-state index in [0.717, 1.165) is 29.6 Å². The Morgan fingerprint density at radius 2 is 2.06 bits per heavy atom. The van der Waals surface area contributed by atoms with Gasteiger partial charge in [0.15, 0.2) is 10.8 Å². The van der Waals surface area contributed by atoms with E-state index in [4.69, 9.17) is 4.42 Å². The zero-order valence-corrected chi connectivity index (χ0v) is 11.6. The lowest BCUT2D eigenvalue weighted by atomic mass is 9.96. The van der Waals surface area contributed by atoms with Crippen molar-refractivity contribution in [2.45, 2.75) is 32.6 Å². The van der Waals surface area contributed by atoms with E-state index < -0.39 is 0 Å². The Labute approximate surface area is 111 Å². The summed E-state index contributed by atoms with van der Waals surface area (Å²) < 4.78 is 5.66. The highest BCUT2D eigenvalue weighted by molar-refractivity contribution is 7.15. The Bertz CT molecular complexity index is 538. The quantitative estimate of drug-likeness (QED) is 0.900. The van der Waals surface area contributed by atoms with Crippen molar-refractivity contribution in [1.82, 2.24) is 10.3 Å². The van der Waals surface area contributed by atoms with Crippen LogP contribution >= 0.6 is 11.3 Å². The maximum Gasteiger partial charge on any atom is 0.162 e. The maximum absolute atomic E-state index is 5.66. The average molecular weight is 262 g/mol. The van der Waals surface area contributed by atoms with Gasteiger partial charge in [0.25, 0.3) is 0 Å². The summed E-state index contributed by atoms with van der Waals surface area (Å²) in [6.07, 6.45) is 2.44. The number of piperidine rings is 1. The van der Waals surface area contributed by atoms with E-state index in [1.807, 2.05) is 19.1 Å². The van der Waals surface area contributed by atoms with Crippen LogP contribution < -0.4 is 5.32 Å². The maximum atomic E-state index is 5.66. The van der Waals surface area contributed by atoms with Crippen molar-refractivity contribution in [3.8, 4) is 10.8 Å². The summed E-state index contributed by atoms with van der Waals surface area (Å²) in [7, 11) is 0. The summed E-state index contributed by atoms with van der Waals surface area (Å²) in [4.78, 5) is 6.12. The number of furan rings is 1. The van der Waals surface area contributed by atoms with Crippen LogP contribution in [0.25, 0.3) is 10.8 Å². The van der Waals surface area contributed by atoms with Crippen LogP contribution in [0.2, 0.25) is 0 Å². The zero-order valence-electron chi connectivity index (χ0n) is 10.8. The number of nitrogens with zero attached hydrogens (tertiary/aromatic N) is 1. The van der Waals surface area contributed by atoms with Gasteiger partial charge in [-0.05, 0) is 57.8 Å². The van der Waals surface area contributed by atoms with Crippen LogP contribution in [0.4, 0.5) is 0 Å². The third-order valence-corrected chi connectivity index (χ3v) is 4.83. The minimum absolute atomic E-state index is 0.675. The topological polar surface area (TPSA) is 38.1 Å². The fraction of sp³-hybridized carbons (Fsp3) is 0.500. The molecule has 0 saturated carbocycles. The molecule has 1 saturated heterocycles. The van der Waals surface area contributed by atoms with E-state index in [1.54, 1.807) is 11.3 Å². The Morgan fingerprint density at radius 1 is 1.28 bits per heavy atom. The minimum Gasteiger partial charge on any atom is -0.459 e. The van der Waals surface area contributed by atoms with Gasteiger partial charge in [0.05, 0.1) is 5.69 Å². The van der Waals surface area contributed by atoms with Crippen LogP contribution in [-0.4, -0.2) is 18.1 Å². The molecule has 0 atom stereocenters. The molecule has 1 aliphatic rings. The summed E-state index contributed by atoms with van der Waals surface area (Å²) in [5.74, 6) is 2.52. The Hall–Kier alpha value is -1.13. The molecular weight excluding hydrogens is 244 g/mol. The van der Waals surface area contributed by atoms with Crippen molar-refractivity contribution in [2.75, 3.05) is 13.1 Å². The number of aromatic nitrogens is 1. The normalized spacial score (nSPS) is 17.2. The molecule has 1 N–H and O–H groups in total. The van der Waals surface area contributed by atoms with E-state index >= 15 is 0 Å². The second-order valence-corrected chi connectivity index (χ2v) is 5.93. The standard InChI is InChI=1S/C14H18N2OS/c1-9-3-4-12(17-9)14-16-10(2)13(18-14)11-5-7-15-8-6-11/h3-4,11,15H,5-8H2,1-2H3. The number of rotatable bonds is 2. The largest absolute Gasteiger partial charge is 0.459 e. The molecule has 0 unspecified atom stereocenters. The van der Waals surface area contributed by atoms with E-state index in [9.17, 15) is 0 Å². The molecular formula is C14H18N2OS. The summed E-state index contributed by atoms with van der Waals surface area (Å²) in [5.41, 5.74) is 1.18. The van der Waals surface area contributed by atoms with Crippen LogP contribution in [0.1, 0.15) is 35.1 Å². The monoisotopic (exact) mass is 262 g/mol. The Balaban J connectivity index is 1.90. The van der Waals surface area contributed by atoms with Gasteiger partial charge < -0.3 is 9.73 Å². The van der Waals surface area contributed by atoms with Crippen LogP contribution in [0.5, 0.6) is 0 Å². The third-order valence-electron chi connectivity index (χ3n) is 3.49. The van der Waals surface area contributed by atoms with Crippen molar-refractivity contribution in [3.63, 3.8) is 0 Å². The van der Waals surface area contributed by atoms with Crippen LogP contribution in [-0.2, 0) is 0 Å². The smallest absolute Gasteiger partial charge is 0.162 e. The van der Waals surface area contributed by atoms with Crippen molar-refractivity contribution in [1.29, 1.82) is 0 Å². The van der Waals surface area contributed by atoms with Crippen LogP contribution in [0, 0.1) is 13.8 Å². The molecule has 3 rings (SSSR count). The second kappa shape index (κ2) is 4.86. The van der Waals surface area contributed by atoms with Crippen LogP contribution in [0.3, 0.4) is 0 Å². The molecule has 4 heteroatoms. The number of thiazole rings is 1. The Morgan fingerprint density at radius 3 is 2.72 bits per heavy atom. The molecule has 0 amide bonds. The first-order valence-electron chi connectivity index (χ1n) is 6.49. The van der Waals surface area contributed by atoms with Crippen LogP contribution in [0.15, 0.2) is 16.5 Å². The number of aryl methyl sites for hydroxylation is 2. The molecule has 96 valence electrons. The number of hydrogen-bond donors (Lipinski definition) is 1. The van der Waals surface area contributed by atoms with Gasteiger partial charge in [-0.3, -0.25) is 0 Å². The first kappa shape index (κ1) is 11.9. The molecule has 0 spiro atoms. The van der Waals surface area contributed by atoms with E-state index in [0.29, 0.717) is 5.92 Å². The highest BCUT2D eigenvalue weighted by atomic mass is 32.1. The molecule has 2 aromatic heterocycles. The molecule has 0 bridgehead atoms. The van der Waals surface area contributed by atoms with Gasteiger partial charge >= 0.3 is 0 Å². The molecule has 0 aliphatic carbocycles. The summed E-state index contributed by atoms with van der Waals surface area (Å²) in [6, 6.07) is 4.01. The minimum atomic E-state index is 0.675. The van der Waals surface area contributed by atoms with E-state index in [1.165, 1.54) is 23.4 Å². The molecule has 0 aromatic carbocycles. The van der Waals surface area contributed by atoms with E-state index in [2.05, 4.69) is 17.2 Å². The number of hydrogen-bond acceptors (Lipinski definition) is 4. The van der Waals surface area contributed by atoms with Crippen molar-refractivity contribution in [2.24, 2.45) is 0 Å². The fourth-order valence-electron chi connectivity index (χ4n) is 2.53. The lowest BCUT2D eigenvalue weighted by molar-refractivity contribution is 0.463. The highest BCUT2D eigenvalue weighted by Gasteiger charge is 2.21. The fourth-order valence-corrected chi connectivity index (χ4v) is 3.72. The van der Waals surface area contributed by atoms with Crippen molar-refractivity contribution in [3.05, 3.63) is 28.5 Å². The molecule has 0 radical (unpaired) electrons. The summed E-state index contributed by atoms with van der Waals surface area (Å²) in [6.45, 7) is 6.33. The first-order chi connectivity index (χ1) is 8.74. The molecule has 1 aliphatic heterocycles. The number of nitrogens with one attached hydrogen (secondary N) is 1. The SMILES string of the molecule is Cc1ccc(-c2nc(C)c(C3CCNCC3)s2)o1. The van der Waals surface area contributed by atoms with Gasteiger partial charge in [0.2, 0.25) is 0 Å². The predicted octanol–water partition coefficient (Wildman–Crippen LogP) is 3.49. The van der Waals surface area contributed by atoms with Gasteiger partial charge in [-0.15, -0.1) is 11.3 Å². The van der Waals surface area contributed by atoms with Crippen molar-refractivity contribution < 1.29 is 4.42 Å². The lowest BCUT2D eigenvalue weighted by Crippen LogP contribution is -2.26. The lowest BCUT2D eigenvalue weighted by Gasteiger charge is -2.21. The van der Waals surface area contributed by atoms with Gasteiger partial charge in [0.1, 0.15) is 5.76 Å². The first-order valence-corrected chi connectivity index (χ1v) is 7.30. The molecule has 1 fully saturated rings. The van der Waals surface area contributed by atoms with E-state index in [-0.39, 0.29) is 0 Å². The average Bonchev–Trinajstić information content (AvgIpc) is 2.97. The van der Waals surface area contributed by atoms with Gasteiger partial charge in [0, 0.05) is 4.88 Å². The summed E-state index contributed by atoms with van der Waals surface area (Å²) in [5, 5.41) is 4.43. The Kier molecular flexibility index (Phi) is 3.22. The van der Waals surface area contributed by atoms with Crippen molar-refractivity contribution >= 4 is 11.3 Å². The van der Waals surface area contributed by atoms with Gasteiger partial charge in [-0.2, -0.15) is 0 Å². The molecule has 2 aromatic rings. The highest BCUT2D eigenvalue weighted by Crippen LogP contribution is 2.36.